The van der Waals surface area contributed by atoms with Crippen LogP contribution in [0.4, 0.5) is 0 Å². The first-order chi connectivity index (χ1) is 6.26. The van der Waals surface area contributed by atoms with Crippen LogP contribution in [0.15, 0.2) is 4.52 Å². The molecule has 13 heavy (non-hydrogen) atoms. The van der Waals surface area contributed by atoms with E-state index in [0.29, 0.717) is 0 Å². The first-order valence-electron chi connectivity index (χ1n) is 4.53. The van der Waals surface area contributed by atoms with Crippen molar-refractivity contribution in [3.8, 4) is 0 Å². The Morgan fingerprint density at radius 1 is 1.46 bits per heavy atom. The van der Waals surface area contributed by atoms with Crippen molar-refractivity contribution < 1.29 is 4.52 Å². The third-order valence-corrected chi connectivity index (χ3v) is 2.22. The number of aromatic nitrogens is 2. The first kappa shape index (κ1) is 10.4. The van der Waals surface area contributed by atoms with Crippen LogP contribution in [0.25, 0.3) is 0 Å². The number of aromatic amines is 1. The van der Waals surface area contributed by atoms with Gasteiger partial charge in [0.15, 0.2) is 0 Å². The average Bonchev–Trinajstić information content (AvgIpc) is 2.53. The molecule has 0 aromatic carbocycles. The number of nitrogens with one attached hydrogen (secondary N) is 1. The molecule has 0 fully saturated rings. The lowest BCUT2D eigenvalue weighted by Crippen LogP contribution is -2.25. The van der Waals surface area contributed by atoms with E-state index in [1.807, 2.05) is 0 Å². The van der Waals surface area contributed by atoms with Gasteiger partial charge in [-0.25, -0.2) is 5.16 Å². The van der Waals surface area contributed by atoms with Gasteiger partial charge >= 0.3 is 4.84 Å². The van der Waals surface area contributed by atoms with Gasteiger partial charge in [0.25, 0.3) is 0 Å². The topological polar surface area (TPSA) is 45.1 Å². The van der Waals surface area contributed by atoms with Gasteiger partial charge in [0.2, 0.25) is 0 Å². The van der Waals surface area contributed by atoms with Crippen molar-refractivity contribution in [2.75, 3.05) is 19.6 Å². The van der Waals surface area contributed by atoms with Crippen molar-refractivity contribution in [1.29, 1.82) is 0 Å². The Morgan fingerprint density at radius 2 is 2.15 bits per heavy atom. The largest absolute Gasteiger partial charge is 0.348 e. The summed E-state index contributed by atoms with van der Waals surface area (Å²) >= 11 is 4.75. The molecule has 4 nitrogen and oxygen atoms in total. The maximum Gasteiger partial charge on any atom is 0.314 e. The minimum absolute atomic E-state index is 0.287. The lowest BCUT2D eigenvalue weighted by Gasteiger charge is -2.16. The summed E-state index contributed by atoms with van der Waals surface area (Å²) in [4.78, 5) is 6.63. The van der Waals surface area contributed by atoms with Crippen LogP contribution < -0.4 is 0 Å². The van der Waals surface area contributed by atoms with Crippen molar-refractivity contribution in [2.24, 2.45) is 0 Å². The van der Waals surface area contributed by atoms with Gasteiger partial charge in [0.1, 0.15) is 5.82 Å². The number of nitrogens with zero attached hydrogens (tertiary/aromatic N) is 2. The summed E-state index contributed by atoms with van der Waals surface area (Å²) in [5.41, 5.74) is 0. The zero-order chi connectivity index (χ0) is 9.68. The third-order valence-electron chi connectivity index (χ3n) is 2.04. The monoisotopic (exact) mass is 201 g/mol. The number of hydrogen-bond acceptors (Lipinski definition) is 4. The maximum atomic E-state index is 4.82. The molecule has 0 saturated carbocycles. The van der Waals surface area contributed by atoms with Gasteiger partial charge in [0, 0.05) is 13.0 Å². The van der Waals surface area contributed by atoms with Gasteiger partial charge in [-0.3, -0.25) is 0 Å². The van der Waals surface area contributed by atoms with Crippen molar-refractivity contribution in [3.63, 3.8) is 0 Å². The van der Waals surface area contributed by atoms with Crippen LogP contribution in [0.2, 0.25) is 0 Å². The second kappa shape index (κ2) is 5.14. The van der Waals surface area contributed by atoms with Crippen LogP contribution >= 0.6 is 12.2 Å². The number of rotatable bonds is 5. The van der Waals surface area contributed by atoms with E-state index in [1.165, 1.54) is 0 Å². The van der Waals surface area contributed by atoms with Crippen LogP contribution in [-0.4, -0.2) is 34.7 Å². The van der Waals surface area contributed by atoms with Gasteiger partial charge in [-0.05, 0) is 25.3 Å². The van der Waals surface area contributed by atoms with E-state index in [1.54, 1.807) is 0 Å². The van der Waals surface area contributed by atoms with Crippen LogP contribution in [0, 0.1) is 4.84 Å². The second-order valence-corrected chi connectivity index (χ2v) is 3.15. The highest BCUT2D eigenvalue weighted by Crippen LogP contribution is 1.95. The van der Waals surface area contributed by atoms with E-state index in [-0.39, 0.29) is 4.84 Å². The standard InChI is InChI=1S/C8H15N3OS/c1-3-11(4-2)6-5-7-9-8(13)12-10-7/h3-6H2,1-2H3,(H,9,10,13). The third kappa shape index (κ3) is 3.28. The first-order valence-corrected chi connectivity index (χ1v) is 4.93. The number of hydrogen-bond donors (Lipinski definition) is 1. The van der Waals surface area contributed by atoms with Gasteiger partial charge in [-0.15, -0.1) is 0 Å². The molecule has 1 heterocycles. The average molecular weight is 201 g/mol. The van der Waals surface area contributed by atoms with Crippen molar-refractivity contribution in [2.45, 2.75) is 20.3 Å². The highest BCUT2D eigenvalue weighted by molar-refractivity contribution is 7.71. The molecule has 74 valence electrons. The van der Waals surface area contributed by atoms with Crippen LogP contribution in [0.3, 0.4) is 0 Å². The summed E-state index contributed by atoms with van der Waals surface area (Å²) in [6.45, 7) is 7.41. The minimum atomic E-state index is 0.287. The van der Waals surface area contributed by atoms with E-state index in [2.05, 4.69) is 28.9 Å². The molecule has 1 aromatic heterocycles. The minimum Gasteiger partial charge on any atom is -0.348 e. The van der Waals surface area contributed by atoms with Crippen molar-refractivity contribution in [1.82, 2.24) is 15.0 Å². The molecule has 1 N–H and O–H groups in total. The molecular formula is C8H15N3OS. The zero-order valence-electron chi connectivity index (χ0n) is 8.04. The molecule has 1 aromatic rings. The Balaban J connectivity index is 2.38. The van der Waals surface area contributed by atoms with Crippen molar-refractivity contribution in [3.05, 3.63) is 10.7 Å². The molecule has 0 spiro atoms. The molecule has 0 bridgehead atoms. The second-order valence-electron chi connectivity index (χ2n) is 2.81. The highest BCUT2D eigenvalue weighted by Gasteiger charge is 2.02. The number of H-pyrrole nitrogens is 1. The maximum absolute atomic E-state index is 4.82. The van der Waals surface area contributed by atoms with Gasteiger partial charge in [-0.1, -0.05) is 13.8 Å². The quantitative estimate of drug-likeness (QED) is 0.735. The molecule has 0 saturated heterocycles. The molecule has 0 atom stereocenters. The molecule has 1 rings (SSSR count). The molecule has 0 aliphatic heterocycles. The fraction of sp³-hybridized carbons (Fsp3) is 0.750. The van der Waals surface area contributed by atoms with E-state index in [4.69, 9.17) is 16.7 Å². The molecule has 0 radical (unpaired) electrons. The fourth-order valence-electron chi connectivity index (χ4n) is 1.17. The van der Waals surface area contributed by atoms with Crippen LogP contribution in [-0.2, 0) is 6.42 Å². The summed E-state index contributed by atoms with van der Waals surface area (Å²) in [6.07, 6.45) is 0.863. The van der Waals surface area contributed by atoms with Crippen molar-refractivity contribution >= 4 is 12.2 Å². The summed E-state index contributed by atoms with van der Waals surface area (Å²) in [7, 11) is 0. The molecule has 5 heteroatoms. The Kier molecular flexibility index (Phi) is 4.11. The van der Waals surface area contributed by atoms with Gasteiger partial charge in [0.05, 0.1) is 0 Å². The molecular weight excluding hydrogens is 186 g/mol. The van der Waals surface area contributed by atoms with Crippen LogP contribution in [0.5, 0.6) is 0 Å². The summed E-state index contributed by atoms with van der Waals surface area (Å²) in [5.74, 6) is 0.830. The SMILES string of the molecule is CCN(CC)CCc1nc(=S)o[nH]1. The Morgan fingerprint density at radius 3 is 2.62 bits per heavy atom. The Hall–Kier alpha value is -0.680. The lowest BCUT2D eigenvalue weighted by molar-refractivity contribution is 0.303. The Labute approximate surface area is 82.9 Å². The van der Waals surface area contributed by atoms with E-state index >= 15 is 0 Å². The smallest absolute Gasteiger partial charge is 0.314 e. The predicted octanol–water partition coefficient (Wildman–Crippen LogP) is 1.62. The Bertz CT molecular complexity index is 290. The zero-order valence-corrected chi connectivity index (χ0v) is 8.86. The molecule has 0 amide bonds. The molecule has 0 unspecified atom stereocenters. The fourth-order valence-corrected chi connectivity index (χ4v) is 1.32. The van der Waals surface area contributed by atoms with E-state index in [9.17, 15) is 0 Å². The molecule has 0 aliphatic rings. The number of likely N-dealkylation sites (N-methyl/N-ethyl adjacent to an activating group) is 1. The van der Waals surface area contributed by atoms with Gasteiger partial charge in [-0.2, -0.15) is 4.98 Å². The summed E-state index contributed by atoms with van der Waals surface area (Å²) in [5, 5.41) is 2.69. The van der Waals surface area contributed by atoms with E-state index < -0.39 is 0 Å². The predicted molar refractivity (Wildman–Crippen MR) is 53.2 cm³/mol. The highest BCUT2D eigenvalue weighted by atomic mass is 32.1. The normalized spacial score (nSPS) is 11.0. The molecule has 0 aliphatic carbocycles. The lowest BCUT2D eigenvalue weighted by atomic mass is 10.3. The van der Waals surface area contributed by atoms with Gasteiger partial charge < -0.3 is 9.42 Å². The summed E-state index contributed by atoms with van der Waals surface area (Å²) in [6, 6.07) is 0. The van der Waals surface area contributed by atoms with Crippen LogP contribution in [0.1, 0.15) is 19.7 Å². The van der Waals surface area contributed by atoms with E-state index in [0.717, 1.165) is 31.9 Å². The summed E-state index contributed by atoms with van der Waals surface area (Å²) < 4.78 is 4.82.